The second-order valence-corrected chi connectivity index (χ2v) is 8.77. The summed E-state index contributed by atoms with van der Waals surface area (Å²) in [5, 5.41) is 14.7. The molecule has 0 aliphatic heterocycles. The van der Waals surface area contributed by atoms with Crippen molar-refractivity contribution < 1.29 is 9.15 Å². The first-order valence-electron chi connectivity index (χ1n) is 8.69. The van der Waals surface area contributed by atoms with Crippen LogP contribution in [0.3, 0.4) is 0 Å². The molecule has 1 aromatic carbocycles. The molecule has 6 nitrogen and oxygen atoms in total. The highest BCUT2D eigenvalue weighted by atomic mass is 32.2. The minimum Gasteiger partial charge on any atom is -0.410 e. The molecule has 0 radical (unpaired) electrons. The Kier molecular flexibility index (Phi) is 5.11. The molecule has 0 spiro atoms. The highest BCUT2D eigenvalue weighted by Gasteiger charge is 2.19. The fraction of sp³-hybridized carbons (Fsp3) is 0.100. The van der Waals surface area contributed by atoms with Crippen molar-refractivity contribution in [3.63, 3.8) is 0 Å². The molecule has 0 unspecified atom stereocenters. The molecule has 0 fully saturated rings. The molecular formula is C20H14N4O2S3. The van der Waals surface area contributed by atoms with Gasteiger partial charge < -0.3 is 9.15 Å². The summed E-state index contributed by atoms with van der Waals surface area (Å²) in [4.78, 5) is 11.2. The van der Waals surface area contributed by atoms with E-state index in [0.29, 0.717) is 23.5 Å². The lowest BCUT2D eigenvalue weighted by atomic mass is 10.1. The van der Waals surface area contributed by atoms with E-state index in [1.54, 1.807) is 29.8 Å². The van der Waals surface area contributed by atoms with Crippen molar-refractivity contribution in [1.82, 2.24) is 20.2 Å². The number of ether oxygens (including phenoxy) is 1. The number of fused-ring (bicyclic) bond motifs is 1. The van der Waals surface area contributed by atoms with Gasteiger partial charge in [0, 0.05) is 18.1 Å². The van der Waals surface area contributed by atoms with E-state index >= 15 is 0 Å². The number of hydrogen-bond donors (Lipinski definition) is 0. The third-order valence-electron chi connectivity index (χ3n) is 4.13. The van der Waals surface area contributed by atoms with Gasteiger partial charge in [0.1, 0.15) is 16.5 Å². The number of aromatic nitrogens is 4. The van der Waals surface area contributed by atoms with Crippen LogP contribution in [0, 0.1) is 0 Å². The second kappa shape index (κ2) is 8.03. The summed E-state index contributed by atoms with van der Waals surface area (Å²) in [5.41, 5.74) is 2.21. The number of methoxy groups -OCH3 is 1. The molecule has 4 heterocycles. The van der Waals surface area contributed by atoms with Crippen LogP contribution in [0.2, 0.25) is 0 Å². The van der Waals surface area contributed by atoms with Crippen molar-refractivity contribution in [3.8, 4) is 21.9 Å². The number of nitrogens with zero attached hydrogens (tertiary/aromatic N) is 4. The molecular weight excluding hydrogens is 424 g/mol. The maximum atomic E-state index is 5.87. The molecule has 144 valence electrons. The van der Waals surface area contributed by atoms with Gasteiger partial charge in [0.25, 0.3) is 11.1 Å². The molecule has 0 saturated heterocycles. The average molecular weight is 439 g/mol. The van der Waals surface area contributed by atoms with Gasteiger partial charge in [-0.15, -0.1) is 32.9 Å². The first-order chi connectivity index (χ1) is 14.3. The molecule has 0 aliphatic carbocycles. The summed E-state index contributed by atoms with van der Waals surface area (Å²) >= 11 is 4.51. The fourth-order valence-corrected chi connectivity index (χ4v) is 5.39. The highest BCUT2D eigenvalue weighted by Crippen LogP contribution is 2.40. The molecule has 0 aliphatic rings. The average Bonchev–Trinajstić information content (AvgIpc) is 3.49. The second-order valence-electron chi connectivity index (χ2n) is 6.03. The lowest BCUT2D eigenvalue weighted by Crippen LogP contribution is -1.98. The molecule has 0 saturated carbocycles. The first kappa shape index (κ1) is 18.4. The van der Waals surface area contributed by atoms with E-state index in [1.165, 1.54) is 11.8 Å². The van der Waals surface area contributed by atoms with E-state index in [0.717, 1.165) is 31.2 Å². The van der Waals surface area contributed by atoms with Crippen LogP contribution in [-0.4, -0.2) is 27.3 Å². The molecule has 4 aromatic heterocycles. The molecule has 0 atom stereocenters. The summed E-state index contributed by atoms with van der Waals surface area (Å²) in [6, 6.07) is 14.1. The van der Waals surface area contributed by atoms with Crippen LogP contribution in [0.15, 0.2) is 67.9 Å². The maximum absolute atomic E-state index is 5.87. The number of thiophene rings is 2. The van der Waals surface area contributed by atoms with Gasteiger partial charge in [-0.25, -0.2) is 9.97 Å². The van der Waals surface area contributed by atoms with Crippen molar-refractivity contribution in [2.24, 2.45) is 0 Å². The van der Waals surface area contributed by atoms with Gasteiger partial charge in [-0.1, -0.05) is 36.4 Å². The van der Waals surface area contributed by atoms with E-state index in [2.05, 4.69) is 32.7 Å². The van der Waals surface area contributed by atoms with Gasteiger partial charge in [-0.2, -0.15) is 0 Å². The van der Waals surface area contributed by atoms with Crippen LogP contribution in [0.1, 0.15) is 5.82 Å². The van der Waals surface area contributed by atoms with Crippen LogP contribution >= 0.6 is 34.4 Å². The van der Waals surface area contributed by atoms with E-state index < -0.39 is 0 Å². The largest absolute Gasteiger partial charge is 0.410 e. The first-order valence-corrected chi connectivity index (χ1v) is 11.3. The molecule has 0 bridgehead atoms. The maximum Gasteiger partial charge on any atom is 0.283 e. The molecule has 0 N–H and O–H groups in total. The minimum atomic E-state index is 0.340. The molecule has 5 aromatic rings. The van der Waals surface area contributed by atoms with Crippen LogP contribution < -0.4 is 0 Å². The van der Waals surface area contributed by atoms with Crippen LogP contribution in [0.25, 0.3) is 32.1 Å². The van der Waals surface area contributed by atoms with Crippen molar-refractivity contribution in [3.05, 3.63) is 59.0 Å². The lowest BCUT2D eigenvalue weighted by molar-refractivity contribution is 0.177. The lowest BCUT2D eigenvalue weighted by Gasteiger charge is -2.06. The van der Waals surface area contributed by atoms with Crippen LogP contribution in [-0.2, 0) is 11.3 Å². The normalized spacial score (nSPS) is 11.3. The summed E-state index contributed by atoms with van der Waals surface area (Å²) in [5.74, 6) is 1.14. The summed E-state index contributed by atoms with van der Waals surface area (Å²) < 4.78 is 11.1. The van der Waals surface area contributed by atoms with Crippen molar-refractivity contribution in [1.29, 1.82) is 0 Å². The SMILES string of the molecule is COCc1nc(Sc2nnc(-c3cccs3)o2)c2c(-c3ccccc3)csc2n1. The zero-order chi connectivity index (χ0) is 19.6. The van der Waals surface area contributed by atoms with Crippen LogP contribution in [0.5, 0.6) is 0 Å². The Hall–Kier alpha value is -2.59. The number of hydrogen-bond acceptors (Lipinski definition) is 9. The Morgan fingerprint density at radius 1 is 1.03 bits per heavy atom. The number of benzene rings is 1. The smallest absolute Gasteiger partial charge is 0.283 e. The minimum absolute atomic E-state index is 0.340. The van der Waals surface area contributed by atoms with Gasteiger partial charge >= 0.3 is 0 Å². The molecule has 5 rings (SSSR count). The van der Waals surface area contributed by atoms with E-state index in [-0.39, 0.29) is 0 Å². The Labute approximate surface area is 178 Å². The standard InChI is InChI=1S/C20H14N4O2S3/c1-25-10-15-21-18-16(13(11-28-18)12-6-3-2-4-7-12)19(22-15)29-20-24-23-17(26-20)14-8-5-9-27-14/h2-9,11H,10H2,1H3. The Morgan fingerprint density at radius 3 is 2.72 bits per heavy atom. The van der Waals surface area contributed by atoms with E-state index in [4.69, 9.17) is 14.1 Å². The van der Waals surface area contributed by atoms with Gasteiger partial charge in [0.15, 0.2) is 5.82 Å². The molecule has 29 heavy (non-hydrogen) atoms. The summed E-state index contributed by atoms with van der Waals surface area (Å²) in [7, 11) is 1.63. The van der Waals surface area contributed by atoms with Gasteiger partial charge in [-0.05, 0) is 28.8 Å². The van der Waals surface area contributed by atoms with E-state index in [9.17, 15) is 0 Å². The Bertz CT molecular complexity index is 1250. The predicted molar refractivity (Wildman–Crippen MR) is 115 cm³/mol. The quantitative estimate of drug-likeness (QED) is 0.312. The highest BCUT2D eigenvalue weighted by molar-refractivity contribution is 7.99. The Morgan fingerprint density at radius 2 is 1.93 bits per heavy atom. The fourth-order valence-electron chi connectivity index (χ4n) is 2.88. The summed E-state index contributed by atoms with van der Waals surface area (Å²) in [6.07, 6.45) is 0. The van der Waals surface area contributed by atoms with Crippen LogP contribution in [0.4, 0.5) is 0 Å². The Balaban J connectivity index is 1.60. The topological polar surface area (TPSA) is 73.9 Å². The zero-order valence-electron chi connectivity index (χ0n) is 15.2. The van der Waals surface area contributed by atoms with Gasteiger partial charge in [0.05, 0.1) is 10.3 Å². The monoisotopic (exact) mass is 438 g/mol. The van der Waals surface area contributed by atoms with E-state index in [1.807, 2.05) is 35.7 Å². The summed E-state index contributed by atoms with van der Waals surface area (Å²) in [6.45, 7) is 0.340. The third-order valence-corrected chi connectivity index (χ3v) is 6.69. The van der Waals surface area contributed by atoms with Crippen molar-refractivity contribution >= 4 is 44.7 Å². The van der Waals surface area contributed by atoms with Crippen molar-refractivity contribution in [2.75, 3.05) is 7.11 Å². The third kappa shape index (κ3) is 3.69. The zero-order valence-corrected chi connectivity index (χ0v) is 17.7. The van der Waals surface area contributed by atoms with Gasteiger partial charge in [-0.3, -0.25) is 0 Å². The molecule has 9 heteroatoms. The van der Waals surface area contributed by atoms with Gasteiger partial charge in [0.2, 0.25) is 0 Å². The molecule has 0 amide bonds. The predicted octanol–water partition coefficient (Wildman–Crippen LogP) is 5.77. The number of rotatable bonds is 6. The van der Waals surface area contributed by atoms with Crippen molar-refractivity contribution in [2.45, 2.75) is 16.9 Å².